The molecule has 0 radical (unpaired) electrons. The van der Waals surface area contributed by atoms with Crippen molar-refractivity contribution in [1.82, 2.24) is 0 Å². The molecule has 1 rings (SSSR count). The van der Waals surface area contributed by atoms with Crippen molar-refractivity contribution in [3.05, 3.63) is 12.2 Å². The van der Waals surface area contributed by atoms with E-state index in [0.717, 1.165) is 0 Å². The minimum Gasteiger partial charge on any atom is -0.457 e. The van der Waals surface area contributed by atoms with Crippen molar-refractivity contribution in [2.45, 2.75) is 79.3 Å². The Kier molecular flexibility index (Phi) is 9.31. The van der Waals surface area contributed by atoms with Gasteiger partial charge in [-0.15, -0.1) is 0 Å². The molecular weight excluding hydrogens is 360 g/mol. The molecule has 1 aliphatic heterocycles. The van der Waals surface area contributed by atoms with Crippen LogP contribution in [-0.2, 0) is 14.3 Å². The minimum atomic E-state index is -1.08. The molecule has 0 aromatic heterocycles. The van der Waals surface area contributed by atoms with Gasteiger partial charge in [-0.05, 0) is 32.3 Å². The normalized spacial score (nSPS) is 44.9. The molecule has 0 spiro atoms. The molecule has 1 fully saturated rings. The van der Waals surface area contributed by atoms with E-state index >= 15 is 0 Å². The fourth-order valence-electron chi connectivity index (χ4n) is 4.15. The van der Waals surface area contributed by atoms with Crippen LogP contribution in [0.5, 0.6) is 0 Å². The zero-order valence-electron chi connectivity index (χ0n) is 18.2. The first-order valence-electron chi connectivity index (χ1n) is 10.3. The molecule has 0 aromatic carbocycles. The summed E-state index contributed by atoms with van der Waals surface area (Å²) < 4.78 is 5.58. The summed E-state index contributed by atoms with van der Waals surface area (Å²) in [6, 6.07) is 0. The van der Waals surface area contributed by atoms with Gasteiger partial charge in [-0.3, -0.25) is 9.59 Å². The molecule has 6 heteroatoms. The Labute approximate surface area is 169 Å². The Morgan fingerprint density at radius 3 is 1.93 bits per heavy atom. The SMILES string of the molecule is C/C=C/[C@H]1OC(=O)[C@H](C)[C@@H](O)[C@H](C)[C@@H](O)[C@@H](C)C[C@@H](C)C(=O)[C@H](C)[C@@H](O)[C@H]1C. The number of carbonyl (C=O) groups excluding carboxylic acids is 2. The van der Waals surface area contributed by atoms with Gasteiger partial charge in [0.25, 0.3) is 0 Å². The minimum absolute atomic E-state index is 0.0809. The molecule has 3 N–H and O–H groups in total. The molecule has 1 aliphatic rings. The van der Waals surface area contributed by atoms with Gasteiger partial charge in [0.2, 0.25) is 0 Å². The largest absolute Gasteiger partial charge is 0.457 e. The third-order valence-corrected chi connectivity index (χ3v) is 6.41. The lowest BCUT2D eigenvalue weighted by Crippen LogP contribution is -2.45. The fourth-order valence-corrected chi connectivity index (χ4v) is 4.15. The number of cyclic esters (lactones) is 1. The second kappa shape index (κ2) is 10.5. The van der Waals surface area contributed by atoms with E-state index in [1.54, 1.807) is 53.7 Å². The summed E-state index contributed by atoms with van der Waals surface area (Å²) in [5, 5.41) is 32.0. The Hall–Kier alpha value is -1.24. The number of hydrogen-bond donors (Lipinski definition) is 3. The van der Waals surface area contributed by atoms with Crippen LogP contribution >= 0.6 is 0 Å². The summed E-state index contributed by atoms with van der Waals surface area (Å²) >= 11 is 0. The second-order valence-electron chi connectivity index (χ2n) is 8.71. The number of ketones is 1. The number of aliphatic hydroxyl groups excluding tert-OH is 3. The number of allylic oxidation sites excluding steroid dienone is 1. The lowest BCUT2D eigenvalue weighted by atomic mass is 9.77. The Morgan fingerprint density at radius 2 is 1.39 bits per heavy atom. The predicted octanol–water partition coefficient (Wildman–Crippen LogP) is 2.35. The van der Waals surface area contributed by atoms with Crippen molar-refractivity contribution in [1.29, 1.82) is 0 Å². The zero-order valence-corrected chi connectivity index (χ0v) is 18.2. The van der Waals surface area contributed by atoms with E-state index in [-0.39, 0.29) is 17.6 Å². The highest BCUT2D eigenvalue weighted by molar-refractivity contribution is 5.83. The van der Waals surface area contributed by atoms with Crippen LogP contribution in [0.2, 0.25) is 0 Å². The van der Waals surface area contributed by atoms with Gasteiger partial charge >= 0.3 is 5.97 Å². The highest BCUT2D eigenvalue weighted by atomic mass is 16.5. The third kappa shape index (κ3) is 5.65. The van der Waals surface area contributed by atoms with Crippen molar-refractivity contribution in [2.24, 2.45) is 35.5 Å². The summed E-state index contributed by atoms with van der Waals surface area (Å²) in [5.41, 5.74) is 0. The van der Waals surface area contributed by atoms with E-state index < -0.39 is 54.1 Å². The second-order valence-corrected chi connectivity index (χ2v) is 8.71. The van der Waals surface area contributed by atoms with Crippen molar-refractivity contribution in [3.8, 4) is 0 Å². The van der Waals surface area contributed by atoms with E-state index in [0.29, 0.717) is 6.42 Å². The van der Waals surface area contributed by atoms with Gasteiger partial charge in [0, 0.05) is 23.7 Å². The molecule has 10 atom stereocenters. The van der Waals surface area contributed by atoms with E-state index in [2.05, 4.69) is 0 Å². The van der Waals surface area contributed by atoms with Crippen LogP contribution in [0.1, 0.15) is 54.9 Å². The van der Waals surface area contributed by atoms with Crippen molar-refractivity contribution in [3.63, 3.8) is 0 Å². The number of aliphatic hydroxyl groups is 3. The topological polar surface area (TPSA) is 104 Å². The van der Waals surface area contributed by atoms with Crippen LogP contribution < -0.4 is 0 Å². The summed E-state index contributed by atoms with van der Waals surface area (Å²) in [6.45, 7) is 12.1. The number of Topliss-reactive ketones (excluding diaryl/α,β-unsaturated/α-hetero) is 1. The molecule has 0 unspecified atom stereocenters. The maximum atomic E-state index is 12.8. The quantitative estimate of drug-likeness (QED) is 0.463. The maximum Gasteiger partial charge on any atom is 0.311 e. The van der Waals surface area contributed by atoms with Gasteiger partial charge < -0.3 is 20.1 Å². The maximum absolute atomic E-state index is 12.8. The summed E-state index contributed by atoms with van der Waals surface area (Å²) in [4.78, 5) is 25.5. The number of carbonyl (C=O) groups is 2. The van der Waals surface area contributed by atoms with Crippen LogP contribution in [0.15, 0.2) is 12.2 Å². The van der Waals surface area contributed by atoms with Gasteiger partial charge in [0.1, 0.15) is 11.9 Å². The molecule has 6 nitrogen and oxygen atoms in total. The van der Waals surface area contributed by atoms with Gasteiger partial charge in [-0.2, -0.15) is 0 Å². The zero-order chi connectivity index (χ0) is 21.8. The number of hydrogen-bond acceptors (Lipinski definition) is 6. The highest BCUT2D eigenvalue weighted by Gasteiger charge is 2.39. The summed E-state index contributed by atoms with van der Waals surface area (Å²) in [5.74, 6) is -3.74. The van der Waals surface area contributed by atoms with Gasteiger partial charge in [0.15, 0.2) is 0 Å². The molecule has 162 valence electrons. The van der Waals surface area contributed by atoms with Gasteiger partial charge in [0.05, 0.1) is 24.2 Å². The Balaban J connectivity index is 3.29. The monoisotopic (exact) mass is 398 g/mol. The first kappa shape index (κ1) is 24.8. The van der Waals surface area contributed by atoms with Crippen LogP contribution in [0, 0.1) is 35.5 Å². The summed E-state index contributed by atoms with van der Waals surface area (Å²) in [6.07, 6.45) is 0.214. The third-order valence-electron chi connectivity index (χ3n) is 6.41. The molecular formula is C22H38O6. The number of esters is 1. The highest BCUT2D eigenvalue weighted by Crippen LogP contribution is 2.30. The Bertz CT molecular complexity index is 559. The Morgan fingerprint density at radius 1 is 0.857 bits per heavy atom. The standard InChI is InChI=1S/C22H38O6/c1-8-9-17-13(4)20(25)14(5)18(23)11(2)10-12(3)19(24)15(6)21(26)16(7)22(27)28-17/h8-9,11-17,19-21,24-26H,10H2,1-7H3/b9-8+/t11-,12+,13+,14+,15-,16-,17-,19+,20+,21+/m1/s1. The molecule has 0 saturated carbocycles. The molecule has 1 saturated heterocycles. The van der Waals surface area contributed by atoms with Crippen molar-refractivity contribution >= 4 is 11.8 Å². The van der Waals surface area contributed by atoms with E-state index in [1.807, 2.05) is 6.92 Å². The molecule has 28 heavy (non-hydrogen) atoms. The summed E-state index contributed by atoms with van der Waals surface area (Å²) in [7, 11) is 0. The molecule has 0 aliphatic carbocycles. The first-order valence-corrected chi connectivity index (χ1v) is 10.3. The van der Waals surface area contributed by atoms with E-state index in [4.69, 9.17) is 4.74 Å². The lowest BCUT2D eigenvalue weighted by molar-refractivity contribution is -0.162. The van der Waals surface area contributed by atoms with Crippen LogP contribution in [0.3, 0.4) is 0 Å². The average Bonchev–Trinajstić information content (AvgIpc) is 2.67. The van der Waals surface area contributed by atoms with E-state index in [1.165, 1.54) is 0 Å². The molecule has 0 bridgehead atoms. The van der Waals surface area contributed by atoms with Crippen molar-refractivity contribution < 1.29 is 29.6 Å². The predicted molar refractivity (Wildman–Crippen MR) is 107 cm³/mol. The van der Waals surface area contributed by atoms with Gasteiger partial charge in [-0.25, -0.2) is 0 Å². The van der Waals surface area contributed by atoms with Crippen LogP contribution in [0.4, 0.5) is 0 Å². The number of ether oxygens (including phenoxy) is 1. The lowest BCUT2D eigenvalue weighted by Gasteiger charge is -2.35. The van der Waals surface area contributed by atoms with Crippen LogP contribution in [0.25, 0.3) is 0 Å². The van der Waals surface area contributed by atoms with Crippen LogP contribution in [-0.4, -0.2) is 51.5 Å². The number of rotatable bonds is 1. The average molecular weight is 399 g/mol. The van der Waals surface area contributed by atoms with Crippen molar-refractivity contribution in [2.75, 3.05) is 0 Å². The van der Waals surface area contributed by atoms with Gasteiger partial charge in [-0.1, -0.05) is 40.7 Å². The first-order chi connectivity index (χ1) is 12.9. The smallest absolute Gasteiger partial charge is 0.311 e. The fraction of sp³-hybridized carbons (Fsp3) is 0.818. The molecule has 0 aromatic rings. The molecule has 0 amide bonds. The molecule has 1 heterocycles. The van der Waals surface area contributed by atoms with E-state index in [9.17, 15) is 24.9 Å².